The van der Waals surface area contributed by atoms with Gasteiger partial charge in [-0.1, -0.05) is 11.8 Å². The Morgan fingerprint density at radius 1 is 1.45 bits per heavy atom. The zero-order valence-corrected chi connectivity index (χ0v) is 14.0. The number of nitrogens with zero attached hydrogens (tertiary/aromatic N) is 2. The molecule has 3 rings (SSSR count). The highest BCUT2D eigenvalue weighted by molar-refractivity contribution is 7.98. The first-order valence-corrected chi connectivity index (χ1v) is 9.16. The molecule has 3 aromatic rings. The minimum absolute atomic E-state index is 0.278. The van der Waals surface area contributed by atoms with Crippen molar-refractivity contribution < 1.29 is 9.53 Å². The quantitative estimate of drug-likeness (QED) is 0.540. The van der Waals surface area contributed by atoms with Crippen molar-refractivity contribution in [2.75, 3.05) is 12.0 Å². The van der Waals surface area contributed by atoms with E-state index in [4.69, 9.17) is 16.2 Å². The summed E-state index contributed by atoms with van der Waals surface area (Å²) in [4.78, 5) is 21.1. The van der Waals surface area contributed by atoms with Gasteiger partial charge in [0.1, 0.15) is 16.3 Å². The van der Waals surface area contributed by atoms with E-state index in [1.165, 1.54) is 11.8 Å². The highest BCUT2D eigenvalue weighted by Crippen LogP contribution is 2.38. The molecule has 0 spiro atoms. The molecule has 0 fully saturated rings. The van der Waals surface area contributed by atoms with E-state index in [-0.39, 0.29) is 10.6 Å². The van der Waals surface area contributed by atoms with Crippen LogP contribution in [0, 0.1) is 0 Å². The number of carbonyl (C=O) groups is 1. The van der Waals surface area contributed by atoms with E-state index in [1.54, 1.807) is 11.3 Å². The van der Waals surface area contributed by atoms with Crippen molar-refractivity contribution >= 4 is 56.2 Å². The normalized spacial score (nSPS) is 11.0. The number of amides is 1. The van der Waals surface area contributed by atoms with Crippen LogP contribution >= 0.6 is 34.4 Å². The highest BCUT2D eigenvalue weighted by Gasteiger charge is 2.20. The van der Waals surface area contributed by atoms with Gasteiger partial charge in [0, 0.05) is 5.56 Å². The Morgan fingerprint density at radius 3 is 2.91 bits per heavy atom. The van der Waals surface area contributed by atoms with Crippen LogP contribution in [0.4, 0.5) is 5.69 Å². The summed E-state index contributed by atoms with van der Waals surface area (Å²) in [6.45, 7) is 0.380. The number of thioether (sulfide) groups is 1. The van der Waals surface area contributed by atoms with Crippen molar-refractivity contribution in [2.45, 2.75) is 11.8 Å². The highest BCUT2D eigenvalue weighted by atomic mass is 32.2. The molecule has 3 aromatic heterocycles. The number of rotatable bonds is 5. The smallest absolute Gasteiger partial charge is 0.260 e. The lowest BCUT2D eigenvalue weighted by Crippen LogP contribution is -2.10. The number of nitrogen functional groups attached to an aromatic ring is 1. The predicted molar refractivity (Wildman–Crippen MR) is 90.8 cm³/mol. The Morgan fingerprint density at radius 2 is 2.27 bits per heavy atom. The van der Waals surface area contributed by atoms with Crippen LogP contribution in [0.5, 0.6) is 5.88 Å². The number of nitrogens with two attached hydrogens (primary N) is 2. The van der Waals surface area contributed by atoms with Gasteiger partial charge in [-0.2, -0.15) is 16.3 Å². The number of aromatic nitrogens is 2. The van der Waals surface area contributed by atoms with Crippen LogP contribution in [-0.4, -0.2) is 22.1 Å². The molecule has 0 radical (unpaired) electrons. The van der Waals surface area contributed by atoms with Gasteiger partial charge >= 0.3 is 0 Å². The number of hydrogen-bond acceptors (Lipinski definition) is 8. The number of anilines is 1. The first kappa shape index (κ1) is 15.1. The number of ether oxygens (including phenoxy) is 1. The summed E-state index contributed by atoms with van der Waals surface area (Å²) in [6, 6.07) is 1.98. The van der Waals surface area contributed by atoms with E-state index in [0.29, 0.717) is 27.9 Å². The molecular formula is C13H12N4O2S3. The van der Waals surface area contributed by atoms with E-state index in [2.05, 4.69) is 9.97 Å². The zero-order valence-electron chi connectivity index (χ0n) is 11.5. The lowest BCUT2D eigenvalue weighted by atomic mass is 10.3. The molecule has 0 atom stereocenters. The van der Waals surface area contributed by atoms with Crippen LogP contribution < -0.4 is 16.2 Å². The molecule has 22 heavy (non-hydrogen) atoms. The molecule has 114 valence electrons. The fourth-order valence-corrected chi connectivity index (χ4v) is 3.88. The predicted octanol–water partition coefficient (Wildman–Crippen LogP) is 2.73. The second kappa shape index (κ2) is 6.11. The molecule has 0 aromatic carbocycles. The maximum Gasteiger partial charge on any atom is 0.260 e. The molecule has 9 heteroatoms. The topological polar surface area (TPSA) is 104 Å². The van der Waals surface area contributed by atoms with Crippen molar-refractivity contribution in [2.24, 2.45) is 5.73 Å². The number of thiophene rings is 2. The van der Waals surface area contributed by atoms with Crippen LogP contribution in [0.2, 0.25) is 0 Å². The molecule has 0 bridgehead atoms. The number of fused-ring (bicyclic) bond motifs is 1. The fraction of sp³-hybridized carbons (Fsp3) is 0.154. The first-order valence-electron chi connectivity index (χ1n) is 6.17. The van der Waals surface area contributed by atoms with Crippen LogP contribution in [0.3, 0.4) is 0 Å². The van der Waals surface area contributed by atoms with Crippen molar-refractivity contribution in [3.8, 4) is 5.88 Å². The summed E-state index contributed by atoms with van der Waals surface area (Å²) in [7, 11) is 0. The average Bonchev–Trinajstić information content (AvgIpc) is 3.12. The SMILES string of the molecule is CSc1nc(OCc2ccsc2)c2c(N)c(C(N)=O)sc2n1. The summed E-state index contributed by atoms with van der Waals surface area (Å²) in [6.07, 6.45) is 1.87. The Kier molecular flexibility index (Phi) is 4.19. The third-order valence-corrected chi connectivity index (χ3v) is 5.29. The van der Waals surface area contributed by atoms with Gasteiger partial charge in [0.05, 0.1) is 11.1 Å². The Bertz CT molecular complexity index is 830. The molecule has 0 unspecified atom stereocenters. The molecule has 3 heterocycles. The maximum atomic E-state index is 11.5. The van der Waals surface area contributed by atoms with Gasteiger partial charge in [-0.25, -0.2) is 4.98 Å². The third kappa shape index (κ3) is 2.74. The van der Waals surface area contributed by atoms with Gasteiger partial charge in [-0.05, 0) is 23.1 Å². The van der Waals surface area contributed by atoms with Crippen LogP contribution in [0.1, 0.15) is 15.2 Å². The zero-order chi connectivity index (χ0) is 15.7. The maximum absolute atomic E-state index is 11.5. The van der Waals surface area contributed by atoms with Crippen molar-refractivity contribution in [3.05, 3.63) is 27.3 Å². The summed E-state index contributed by atoms with van der Waals surface area (Å²) < 4.78 is 5.80. The summed E-state index contributed by atoms with van der Waals surface area (Å²) in [5.74, 6) is -0.197. The Hall–Kier alpha value is -1.84. The minimum Gasteiger partial charge on any atom is -0.472 e. The first-order chi connectivity index (χ1) is 10.6. The van der Waals surface area contributed by atoms with E-state index >= 15 is 0 Å². The lowest BCUT2D eigenvalue weighted by molar-refractivity contribution is 0.100. The molecular weight excluding hydrogens is 340 g/mol. The second-order valence-electron chi connectivity index (χ2n) is 4.32. The van der Waals surface area contributed by atoms with Crippen LogP contribution in [0.15, 0.2) is 22.0 Å². The average molecular weight is 352 g/mol. The Labute approximate surface area is 138 Å². The monoisotopic (exact) mass is 352 g/mol. The standard InChI is InChI=1S/C13H12N4O2S3/c1-20-13-16-11(19-4-6-2-3-21-5-6)7-8(14)9(10(15)18)22-12(7)17-13/h2-3,5H,4,14H2,1H3,(H2,15,18). The van der Waals surface area contributed by atoms with Gasteiger partial charge in [-0.3, -0.25) is 4.79 Å². The molecule has 0 saturated heterocycles. The molecule has 6 nitrogen and oxygen atoms in total. The van der Waals surface area contributed by atoms with Crippen molar-refractivity contribution in [1.29, 1.82) is 0 Å². The van der Waals surface area contributed by atoms with Gasteiger partial charge in [-0.15, -0.1) is 11.3 Å². The largest absolute Gasteiger partial charge is 0.472 e. The fourth-order valence-electron chi connectivity index (χ4n) is 1.88. The molecule has 0 aliphatic heterocycles. The lowest BCUT2D eigenvalue weighted by Gasteiger charge is -2.07. The van der Waals surface area contributed by atoms with Crippen molar-refractivity contribution in [1.82, 2.24) is 9.97 Å². The van der Waals surface area contributed by atoms with Gasteiger partial charge in [0.15, 0.2) is 5.16 Å². The van der Waals surface area contributed by atoms with Gasteiger partial charge in [0.2, 0.25) is 5.88 Å². The van der Waals surface area contributed by atoms with E-state index < -0.39 is 5.91 Å². The van der Waals surface area contributed by atoms with Gasteiger partial charge in [0.25, 0.3) is 5.91 Å². The molecule has 0 aliphatic rings. The minimum atomic E-state index is -0.574. The molecule has 4 N–H and O–H groups in total. The van der Waals surface area contributed by atoms with Crippen LogP contribution in [-0.2, 0) is 6.61 Å². The van der Waals surface area contributed by atoms with E-state index in [1.807, 2.05) is 23.1 Å². The Balaban J connectivity index is 2.07. The number of hydrogen-bond donors (Lipinski definition) is 2. The summed E-state index contributed by atoms with van der Waals surface area (Å²) in [5, 5.41) is 5.09. The van der Waals surface area contributed by atoms with Crippen LogP contribution in [0.25, 0.3) is 10.2 Å². The second-order valence-corrected chi connectivity index (χ2v) is 6.88. The van der Waals surface area contributed by atoms with Crippen molar-refractivity contribution in [3.63, 3.8) is 0 Å². The molecule has 0 aliphatic carbocycles. The van der Waals surface area contributed by atoms with Gasteiger partial charge < -0.3 is 16.2 Å². The third-order valence-electron chi connectivity index (χ3n) is 2.90. The summed E-state index contributed by atoms with van der Waals surface area (Å²) in [5.41, 5.74) is 12.7. The molecule has 0 saturated carbocycles. The number of carbonyl (C=O) groups excluding carboxylic acids is 1. The molecule has 1 amide bonds. The summed E-state index contributed by atoms with van der Waals surface area (Å²) >= 11 is 4.15. The van der Waals surface area contributed by atoms with E-state index in [0.717, 1.165) is 16.9 Å². The number of primary amides is 1. The van der Waals surface area contributed by atoms with E-state index in [9.17, 15) is 4.79 Å².